The molecule has 2 heterocycles. The molecule has 0 bridgehead atoms. The third-order valence-corrected chi connectivity index (χ3v) is 5.16. The number of amides is 1. The third kappa shape index (κ3) is 4.96. The minimum Gasteiger partial charge on any atom is -0.473 e. The third-order valence-electron chi connectivity index (χ3n) is 4.03. The van der Waals surface area contributed by atoms with Crippen molar-refractivity contribution in [2.24, 2.45) is 0 Å². The molecule has 1 atom stereocenters. The summed E-state index contributed by atoms with van der Waals surface area (Å²) in [4.78, 5) is 18.6. The fourth-order valence-electron chi connectivity index (χ4n) is 2.71. The van der Waals surface area contributed by atoms with Gasteiger partial charge in [-0.1, -0.05) is 30.3 Å². The molecule has 1 amide bonds. The van der Waals surface area contributed by atoms with E-state index in [0.29, 0.717) is 18.0 Å². The fraction of sp³-hybridized carbons (Fsp3) is 0.368. The van der Waals surface area contributed by atoms with Gasteiger partial charge in [-0.15, -0.1) is 0 Å². The van der Waals surface area contributed by atoms with E-state index in [1.165, 1.54) is 0 Å². The predicted molar refractivity (Wildman–Crippen MR) is 98.9 cm³/mol. The zero-order chi connectivity index (χ0) is 17.5. The molecule has 1 saturated heterocycles. The van der Waals surface area contributed by atoms with E-state index < -0.39 is 0 Å². The first-order valence-electron chi connectivity index (χ1n) is 8.41. The van der Waals surface area contributed by atoms with Crippen molar-refractivity contribution in [3.05, 3.63) is 59.8 Å². The van der Waals surface area contributed by atoms with Gasteiger partial charge in [0.15, 0.2) is 0 Å². The number of hydrogen-bond donors (Lipinski definition) is 1. The Morgan fingerprint density at radius 1 is 1.28 bits per heavy atom. The number of carbonyl (C=O) groups excluding carboxylic acids is 1. The van der Waals surface area contributed by atoms with Gasteiger partial charge in [-0.3, -0.25) is 4.79 Å². The average molecular weight is 358 g/mol. The van der Waals surface area contributed by atoms with Crippen LogP contribution in [-0.4, -0.2) is 51.7 Å². The van der Waals surface area contributed by atoms with Crippen LogP contribution in [0.2, 0.25) is 0 Å². The summed E-state index contributed by atoms with van der Waals surface area (Å²) >= 11 is 1.88. The van der Waals surface area contributed by atoms with Crippen molar-refractivity contribution >= 4 is 17.7 Å². The van der Waals surface area contributed by atoms with Gasteiger partial charge < -0.3 is 14.7 Å². The number of hydrogen-bond acceptors (Lipinski definition) is 5. The van der Waals surface area contributed by atoms with Gasteiger partial charge in [0, 0.05) is 31.1 Å². The lowest BCUT2D eigenvalue weighted by Crippen LogP contribution is -2.33. The van der Waals surface area contributed by atoms with Gasteiger partial charge in [-0.05, 0) is 23.8 Å². The number of benzene rings is 1. The topological polar surface area (TPSA) is 62.7 Å². The molecule has 25 heavy (non-hydrogen) atoms. The maximum Gasteiger partial charge on any atom is 0.255 e. The van der Waals surface area contributed by atoms with Crippen LogP contribution in [-0.2, 0) is 6.54 Å². The van der Waals surface area contributed by atoms with E-state index in [1.54, 1.807) is 23.2 Å². The lowest BCUT2D eigenvalue weighted by molar-refractivity contribution is 0.0707. The summed E-state index contributed by atoms with van der Waals surface area (Å²) in [6, 6.07) is 13.2. The number of ether oxygens (including phenoxy) is 1. The second kappa shape index (κ2) is 8.87. The van der Waals surface area contributed by atoms with Gasteiger partial charge >= 0.3 is 0 Å². The SMILES string of the molecule is O=C(c1ccc(OC2CCSC2)nc1)N(CCO)Cc1ccccc1. The monoisotopic (exact) mass is 358 g/mol. The minimum absolute atomic E-state index is 0.0768. The van der Waals surface area contributed by atoms with Crippen LogP contribution in [0.5, 0.6) is 5.88 Å². The fourth-order valence-corrected chi connectivity index (χ4v) is 3.81. The van der Waals surface area contributed by atoms with E-state index >= 15 is 0 Å². The van der Waals surface area contributed by atoms with Crippen molar-refractivity contribution in [3.63, 3.8) is 0 Å². The van der Waals surface area contributed by atoms with Crippen LogP contribution in [0.25, 0.3) is 0 Å². The van der Waals surface area contributed by atoms with Crippen LogP contribution in [0, 0.1) is 0 Å². The van der Waals surface area contributed by atoms with Crippen molar-refractivity contribution in [1.29, 1.82) is 0 Å². The number of pyridine rings is 1. The molecule has 1 fully saturated rings. The lowest BCUT2D eigenvalue weighted by Gasteiger charge is -2.22. The van der Waals surface area contributed by atoms with Gasteiger partial charge in [0.1, 0.15) is 6.10 Å². The maximum atomic E-state index is 12.7. The number of aromatic nitrogens is 1. The van der Waals surface area contributed by atoms with Gasteiger partial charge in [-0.2, -0.15) is 11.8 Å². The zero-order valence-electron chi connectivity index (χ0n) is 14.0. The minimum atomic E-state index is -0.145. The number of rotatable bonds is 7. The highest BCUT2D eigenvalue weighted by atomic mass is 32.2. The van der Waals surface area contributed by atoms with Crippen LogP contribution in [0.15, 0.2) is 48.7 Å². The molecule has 3 rings (SSSR count). The molecular formula is C19H22N2O3S. The quantitative estimate of drug-likeness (QED) is 0.824. The molecule has 0 saturated carbocycles. The number of nitrogens with zero attached hydrogens (tertiary/aromatic N) is 2. The molecular weight excluding hydrogens is 336 g/mol. The number of aliphatic hydroxyl groups is 1. The predicted octanol–water partition coefficient (Wildman–Crippen LogP) is 2.60. The Labute approximate surface area is 152 Å². The summed E-state index contributed by atoms with van der Waals surface area (Å²) in [6.07, 6.45) is 2.80. The van der Waals surface area contributed by atoms with E-state index in [1.807, 2.05) is 42.1 Å². The first kappa shape index (κ1) is 17.8. The summed E-state index contributed by atoms with van der Waals surface area (Å²) in [7, 11) is 0. The number of carbonyl (C=O) groups is 1. The summed E-state index contributed by atoms with van der Waals surface area (Å²) < 4.78 is 5.82. The van der Waals surface area contributed by atoms with E-state index in [9.17, 15) is 9.90 Å². The molecule has 2 aromatic rings. The molecule has 1 aromatic heterocycles. The Morgan fingerprint density at radius 3 is 2.76 bits per heavy atom. The highest BCUT2D eigenvalue weighted by molar-refractivity contribution is 7.99. The Bertz CT molecular complexity index is 673. The second-order valence-electron chi connectivity index (χ2n) is 5.92. The maximum absolute atomic E-state index is 12.7. The Kier molecular flexibility index (Phi) is 6.30. The average Bonchev–Trinajstić information content (AvgIpc) is 3.15. The summed E-state index contributed by atoms with van der Waals surface area (Å²) in [5.41, 5.74) is 1.52. The zero-order valence-corrected chi connectivity index (χ0v) is 14.8. The molecule has 0 aliphatic carbocycles. The highest BCUT2D eigenvalue weighted by Gasteiger charge is 2.19. The number of thioether (sulfide) groups is 1. The molecule has 0 radical (unpaired) electrons. The molecule has 1 aliphatic rings. The van der Waals surface area contributed by atoms with Crippen LogP contribution < -0.4 is 4.74 Å². The van der Waals surface area contributed by atoms with E-state index in [4.69, 9.17) is 4.74 Å². The van der Waals surface area contributed by atoms with Crippen molar-refractivity contribution in [2.75, 3.05) is 24.7 Å². The van der Waals surface area contributed by atoms with E-state index in [2.05, 4.69) is 4.98 Å². The van der Waals surface area contributed by atoms with Crippen LogP contribution in [0.1, 0.15) is 22.3 Å². The largest absolute Gasteiger partial charge is 0.473 e. The van der Waals surface area contributed by atoms with Crippen molar-refractivity contribution in [3.8, 4) is 5.88 Å². The first-order valence-corrected chi connectivity index (χ1v) is 9.56. The van der Waals surface area contributed by atoms with Gasteiger partial charge in [0.2, 0.25) is 5.88 Å². The molecule has 1 aromatic carbocycles. The van der Waals surface area contributed by atoms with Gasteiger partial charge in [0.05, 0.1) is 12.2 Å². The highest BCUT2D eigenvalue weighted by Crippen LogP contribution is 2.22. The standard InChI is InChI=1S/C19H22N2O3S/c22-10-9-21(13-15-4-2-1-3-5-15)19(23)16-6-7-18(20-12-16)24-17-8-11-25-14-17/h1-7,12,17,22H,8-11,13-14H2. The molecule has 1 unspecified atom stereocenters. The number of aliphatic hydroxyl groups excluding tert-OH is 1. The summed E-state index contributed by atoms with van der Waals surface area (Å²) in [5.74, 6) is 2.52. The van der Waals surface area contributed by atoms with Crippen molar-refractivity contribution in [1.82, 2.24) is 9.88 Å². The normalized spacial score (nSPS) is 16.6. The van der Waals surface area contributed by atoms with Crippen molar-refractivity contribution in [2.45, 2.75) is 19.1 Å². The summed E-state index contributed by atoms with van der Waals surface area (Å²) in [6.45, 7) is 0.662. The smallest absolute Gasteiger partial charge is 0.255 e. The molecule has 6 heteroatoms. The molecule has 1 aliphatic heterocycles. The Hall–Kier alpha value is -2.05. The summed E-state index contributed by atoms with van der Waals surface area (Å²) in [5, 5.41) is 9.28. The van der Waals surface area contributed by atoms with Crippen LogP contribution in [0.3, 0.4) is 0 Å². The molecule has 1 N–H and O–H groups in total. The molecule has 0 spiro atoms. The first-order chi connectivity index (χ1) is 12.3. The van der Waals surface area contributed by atoms with Crippen molar-refractivity contribution < 1.29 is 14.6 Å². The van der Waals surface area contributed by atoms with E-state index in [0.717, 1.165) is 23.5 Å². The second-order valence-corrected chi connectivity index (χ2v) is 7.07. The van der Waals surface area contributed by atoms with Crippen LogP contribution >= 0.6 is 11.8 Å². The van der Waals surface area contributed by atoms with Crippen LogP contribution in [0.4, 0.5) is 0 Å². The van der Waals surface area contributed by atoms with E-state index in [-0.39, 0.29) is 25.2 Å². The molecule has 5 nitrogen and oxygen atoms in total. The Balaban J connectivity index is 1.66. The lowest BCUT2D eigenvalue weighted by atomic mass is 10.2. The Morgan fingerprint density at radius 2 is 2.12 bits per heavy atom. The van der Waals surface area contributed by atoms with Gasteiger partial charge in [-0.25, -0.2) is 4.98 Å². The van der Waals surface area contributed by atoms with Gasteiger partial charge in [0.25, 0.3) is 5.91 Å². The molecule has 132 valence electrons.